The number of aromatic nitrogens is 1. The fourth-order valence-corrected chi connectivity index (χ4v) is 4.99. The Morgan fingerprint density at radius 2 is 1.80 bits per heavy atom. The Bertz CT molecular complexity index is 1180. The molecule has 7 nitrogen and oxygen atoms in total. The Kier molecular flexibility index (Phi) is 8.11. The van der Waals surface area contributed by atoms with Gasteiger partial charge in [0.25, 0.3) is 5.91 Å². The Hall–Kier alpha value is -2.87. The molecule has 7 heteroatoms. The van der Waals surface area contributed by atoms with Gasteiger partial charge < -0.3 is 24.6 Å². The van der Waals surface area contributed by atoms with Crippen LogP contribution in [0, 0.1) is 20.8 Å². The van der Waals surface area contributed by atoms with E-state index in [1.165, 1.54) is 22.4 Å². The third kappa shape index (κ3) is 5.37. The van der Waals surface area contributed by atoms with Gasteiger partial charge in [0.15, 0.2) is 0 Å². The van der Waals surface area contributed by atoms with Crippen LogP contribution >= 0.6 is 0 Å². The second-order valence-corrected chi connectivity index (χ2v) is 9.41. The van der Waals surface area contributed by atoms with Gasteiger partial charge in [0, 0.05) is 69.6 Å². The van der Waals surface area contributed by atoms with E-state index < -0.39 is 0 Å². The zero-order valence-electron chi connectivity index (χ0n) is 21.4. The van der Waals surface area contributed by atoms with Crippen molar-refractivity contribution in [3.63, 3.8) is 0 Å². The first-order chi connectivity index (χ1) is 16.9. The standard InChI is InChI=1S/C28H38N4O3/c1-20-7-5-6-8-23(20)19-29-26-18-24(28(34)31-11-9-30(10-12-31)13-15-33)17-25-21(2)22(3)32(27(25)26)14-16-35-4/h5-8,17-18,29,33H,9-16,19H2,1-4H3. The molecular formula is C28H38N4O3. The van der Waals surface area contributed by atoms with Gasteiger partial charge in [0.05, 0.1) is 24.4 Å². The molecule has 0 atom stereocenters. The number of hydrogen-bond donors (Lipinski definition) is 2. The molecule has 0 radical (unpaired) electrons. The number of rotatable bonds is 9. The van der Waals surface area contributed by atoms with E-state index in [1.807, 2.05) is 11.0 Å². The van der Waals surface area contributed by atoms with E-state index in [1.54, 1.807) is 7.11 Å². The minimum atomic E-state index is 0.0659. The van der Waals surface area contributed by atoms with E-state index in [2.05, 4.69) is 65.9 Å². The predicted octanol–water partition coefficient (Wildman–Crippen LogP) is 3.58. The maximum absolute atomic E-state index is 13.6. The number of methoxy groups -OCH3 is 1. The first kappa shape index (κ1) is 25.2. The van der Waals surface area contributed by atoms with Gasteiger partial charge in [-0.2, -0.15) is 0 Å². The molecule has 2 aromatic carbocycles. The van der Waals surface area contributed by atoms with Gasteiger partial charge in [-0.1, -0.05) is 24.3 Å². The Morgan fingerprint density at radius 3 is 2.49 bits per heavy atom. The van der Waals surface area contributed by atoms with E-state index in [0.29, 0.717) is 38.3 Å². The molecule has 1 saturated heterocycles. The van der Waals surface area contributed by atoms with Gasteiger partial charge in [-0.15, -0.1) is 0 Å². The largest absolute Gasteiger partial charge is 0.395 e. The number of carbonyl (C=O) groups excluding carboxylic acids is 1. The Labute approximate surface area is 208 Å². The number of aliphatic hydroxyl groups excluding tert-OH is 1. The van der Waals surface area contributed by atoms with Gasteiger partial charge in [0.2, 0.25) is 0 Å². The maximum atomic E-state index is 13.6. The average molecular weight is 479 g/mol. The van der Waals surface area contributed by atoms with Crippen LogP contribution in [0.25, 0.3) is 10.9 Å². The van der Waals surface area contributed by atoms with Crippen molar-refractivity contribution in [1.82, 2.24) is 14.4 Å². The number of benzene rings is 2. The van der Waals surface area contributed by atoms with Crippen LogP contribution in [0.2, 0.25) is 0 Å². The number of β-amino-alcohol motifs (C(OH)–C–C–N with tert-alkyl or cyclic N) is 1. The van der Waals surface area contributed by atoms with Crippen molar-refractivity contribution in [3.05, 3.63) is 64.3 Å². The molecule has 0 unspecified atom stereocenters. The van der Waals surface area contributed by atoms with Crippen LogP contribution in [0.15, 0.2) is 36.4 Å². The molecule has 2 heterocycles. The summed E-state index contributed by atoms with van der Waals surface area (Å²) in [6.45, 7) is 12.2. The summed E-state index contributed by atoms with van der Waals surface area (Å²) in [5, 5.41) is 14.0. The second-order valence-electron chi connectivity index (χ2n) is 9.41. The van der Waals surface area contributed by atoms with Crippen molar-refractivity contribution >= 4 is 22.5 Å². The molecule has 1 amide bonds. The van der Waals surface area contributed by atoms with Gasteiger partial charge in [-0.25, -0.2) is 0 Å². The molecule has 35 heavy (non-hydrogen) atoms. The maximum Gasteiger partial charge on any atom is 0.254 e. The molecule has 0 spiro atoms. The lowest BCUT2D eigenvalue weighted by atomic mass is 10.0. The molecule has 4 rings (SSSR count). The van der Waals surface area contributed by atoms with Crippen LogP contribution in [0.3, 0.4) is 0 Å². The van der Waals surface area contributed by atoms with Crippen molar-refractivity contribution < 1.29 is 14.6 Å². The molecule has 1 aromatic heterocycles. The van der Waals surface area contributed by atoms with Crippen LogP contribution in [0.5, 0.6) is 0 Å². The quantitative estimate of drug-likeness (QED) is 0.492. The van der Waals surface area contributed by atoms with Gasteiger partial charge in [-0.05, 0) is 49.6 Å². The summed E-state index contributed by atoms with van der Waals surface area (Å²) in [6, 6.07) is 12.5. The van der Waals surface area contributed by atoms with Crippen molar-refractivity contribution in [3.8, 4) is 0 Å². The molecule has 188 valence electrons. The van der Waals surface area contributed by atoms with Gasteiger partial charge in [0.1, 0.15) is 0 Å². The number of nitrogens with one attached hydrogen (secondary N) is 1. The number of piperazine rings is 1. The summed E-state index contributed by atoms with van der Waals surface area (Å²) in [5.74, 6) is 0.0659. The SMILES string of the molecule is COCCn1c(C)c(C)c2cc(C(=O)N3CCN(CCO)CC3)cc(NCc3ccccc3C)c21. The van der Waals surface area contributed by atoms with Crippen LogP contribution in [-0.4, -0.2) is 78.4 Å². The van der Waals surface area contributed by atoms with Crippen LogP contribution in [0.1, 0.15) is 32.7 Å². The van der Waals surface area contributed by atoms with Gasteiger partial charge >= 0.3 is 0 Å². The summed E-state index contributed by atoms with van der Waals surface area (Å²) in [5.41, 5.74) is 7.67. The molecule has 1 aliphatic heterocycles. The number of nitrogens with zero attached hydrogens (tertiary/aromatic N) is 3. The smallest absolute Gasteiger partial charge is 0.254 e. The lowest BCUT2D eigenvalue weighted by Crippen LogP contribution is -2.49. The topological polar surface area (TPSA) is 70.0 Å². The van der Waals surface area contributed by atoms with Crippen molar-refractivity contribution in [2.75, 3.05) is 58.4 Å². The first-order valence-corrected chi connectivity index (χ1v) is 12.5. The number of ether oxygens (including phenoxy) is 1. The fourth-order valence-electron chi connectivity index (χ4n) is 4.99. The molecule has 0 saturated carbocycles. The number of aryl methyl sites for hydroxylation is 2. The zero-order valence-corrected chi connectivity index (χ0v) is 21.4. The van der Waals surface area contributed by atoms with E-state index >= 15 is 0 Å². The summed E-state index contributed by atoms with van der Waals surface area (Å²) >= 11 is 0. The second kappa shape index (κ2) is 11.2. The molecular weight excluding hydrogens is 440 g/mol. The summed E-state index contributed by atoms with van der Waals surface area (Å²) in [4.78, 5) is 17.7. The highest BCUT2D eigenvalue weighted by Crippen LogP contribution is 2.33. The van der Waals surface area contributed by atoms with Crippen molar-refractivity contribution in [1.29, 1.82) is 0 Å². The lowest BCUT2D eigenvalue weighted by Gasteiger charge is -2.34. The number of fused-ring (bicyclic) bond motifs is 1. The van der Waals surface area contributed by atoms with E-state index in [4.69, 9.17) is 4.74 Å². The Morgan fingerprint density at radius 1 is 1.06 bits per heavy atom. The van der Waals surface area contributed by atoms with Crippen LogP contribution in [0.4, 0.5) is 5.69 Å². The van der Waals surface area contributed by atoms with Crippen molar-refractivity contribution in [2.24, 2.45) is 0 Å². The van der Waals surface area contributed by atoms with Crippen molar-refractivity contribution in [2.45, 2.75) is 33.9 Å². The lowest BCUT2D eigenvalue weighted by molar-refractivity contribution is 0.0615. The average Bonchev–Trinajstić information content (AvgIpc) is 3.11. The highest BCUT2D eigenvalue weighted by molar-refractivity contribution is 6.04. The summed E-state index contributed by atoms with van der Waals surface area (Å²) in [7, 11) is 1.72. The Balaban J connectivity index is 1.70. The molecule has 0 bridgehead atoms. The van der Waals surface area contributed by atoms with Gasteiger partial charge in [-0.3, -0.25) is 9.69 Å². The molecule has 1 aliphatic rings. The molecule has 1 fully saturated rings. The summed E-state index contributed by atoms with van der Waals surface area (Å²) < 4.78 is 7.69. The number of carbonyl (C=O) groups is 1. The summed E-state index contributed by atoms with van der Waals surface area (Å²) in [6.07, 6.45) is 0. The van der Waals surface area contributed by atoms with Crippen LogP contribution in [-0.2, 0) is 17.8 Å². The number of hydrogen-bond acceptors (Lipinski definition) is 5. The van der Waals surface area contributed by atoms with Crippen LogP contribution < -0.4 is 5.32 Å². The monoisotopic (exact) mass is 478 g/mol. The number of anilines is 1. The fraction of sp³-hybridized carbons (Fsp3) is 0.464. The highest BCUT2D eigenvalue weighted by Gasteiger charge is 2.24. The van der Waals surface area contributed by atoms with E-state index in [-0.39, 0.29) is 12.5 Å². The molecule has 3 aromatic rings. The minimum absolute atomic E-state index is 0.0659. The third-order valence-electron chi connectivity index (χ3n) is 7.30. The third-order valence-corrected chi connectivity index (χ3v) is 7.30. The minimum Gasteiger partial charge on any atom is -0.395 e. The molecule has 0 aliphatic carbocycles. The predicted molar refractivity (Wildman–Crippen MR) is 141 cm³/mol. The number of aliphatic hydroxyl groups is 1. The highest BCUT2D eigenvalue weighted by atomic mass is 16.5. The normalized spacial score (nSPS) is 14.6. The number of amides is 1. The molecule has 2 N–H and O–H groups in total. The van der Waals surface area contributed by atoms with E-state index in [0.717, 1.165) is 36.2 Å². The first-order valence-electron chi connectivity index (χ1n) is 12.5. The zero-order chi connectivity index (χ0) is 24.9. The van der Waals surface area contributed by atoms with E-state index in [9.17, 15) is 9.90 Å².